The molecule has 0 saturated carbocycles. The molecule has 6 rings (SSSR count). The normalized spacial score (nSPS) is 18.2. The van der Waals surface area contributed by atoms with Crippen molar-refractivity contribution in [3.05, 3.63) is 161 Å². The van der Waals surface area contributed by atoms with Crippen molar-refractivity contribution in [2.75, 3.05) is 20.1 Å². The number of hydrogen-bond donors (Lipinski definition) is 4. The number of amides is 1. The number of nitrogens with zero attached hydrogens (tertiary/aromatic N) is 1. The third-order valence-electron chi connectivity index (χ3n) is 8.86. The summed E-state index contributed by atoms with van der Waals surface area (Å²) in [6.45, 7) is 1.29. The molecule has 8 nitrogen and oxygen atoms in total. The Kier molecular flexibility index (Phi) is 11.1. The molecular weight excluding hydrogens is 616 g/mol. The first-order valence-electron chi connectivity index (χ1n) is 16.5. The molecule has 4 N–H and O–H groups in total. The minimum atomic E-state index is -0.767. The van der Waals surface area contributed by atoms with Gasteiger partial charge in [0.15, 0.2) is 6.29 Å². The summed E-state index contributed by atoms with van der Waals surface area (Å²) in [5, 5.41) is 33.3. The van der Waals surface area contributed by atoms with E-state index in [4.69, 9.17) is 9.47 Å². The van der Waals surface area contributed by atoms with Crippen LogP contribution in [0.4, 0.5) is 0 Å². The van der Waals surface area contributed by atoms with Crippen molar-refractivity contribution in [2.24, 2.45) is 0 Å². The van der Waals surface area contributed by atoms with Crippen LogP contribution in [0.1, 0.15) is 63.1 Å². The van der Waals surface area contributed by atoms with Gasteiger partial charge in [0, 0.05) is 37.2 Å². The molecule has 1 aliphatic heterocycles. The second-order valence-corrected chi connectivity index (χ2v) is 12.5. The van der Waals surface area contributed by atoms with Crippen LogP contribution in [0, 0.1) is 0 Å². The average Bonchev–Trinajstić information content (AvgIpc) is 3.14. The van der Waals surface area contributed by atoms with Gasteiger partial charge >= 0.3 is 0 Å². The van der Waals surface area contributed by atoms with Gasteiger partial charge in [-0.1, -0.05) is 103 Å². The number of aromatic hydroxyl groups is 1. The molecule has 4 unspecified atom stereocenters. The lowest BCUT2D eigenvalue weighted by Gasteiger charge is -2.38. The summed E-state index contributed by atoms with van der Waals surface area (Å²) >= 11 is 0. The third kappa shape index (κ3) is 8.80. The Balaban J connectivity index is 1.17. The zero-order valence-corrected chi connectivity index (χ0v) is 27.5. The molecule has 252 valence electrons. The SMILES string of the molecule is CN(CC1CC(c2ccc(CO)cc2)OC(c2ccc(-c3ccccc3CNC(=O)c3ccccc3)cc2)O1)CC(O)c1cccc(O)c1. The molecule has 0 aromatic heterocycles. The number of aliphatic hydroxyl groups is 2. The summed E-state index contributed by atoms with van der Waals surface area (Å²) in [6.07, 6.45) is -1.22. The second-order valence-electron chi connectivity index (χ2n) is 12.5. The van der Waals surface area contributed by atoms with Gasteiger partial charge in [-0.15, -0.1) is 0 Å². The first kappa shape index (κ1) is 34.0. The number of nitrogens with one attached hydrogen (secondary N) is 1. The number of benzene rings is 5. The number of phenolic OH excluding ortho intramolecular Hbond substituents is 1. The summed E-state index contributed by atoms with van der Waals surface area (Å²) in [6, 6.07) is 39.8. The number of ether oxygens (including phenoxy) is 2. The van der Waals surface area contributed by atoms with Crippen LogP contribution in [0.25, 0.3) is 11.1 Å². The van der Waals surface area contributed by atoms with Crippen molar-refractivity contribution in [1.29, 1.82) is 0 Å². The Morgan fingerprint density at radius 1 is 0.857 bits per heavy atom. The molecule has 8 heteroatoms. The van der Waals surface area contributed by atoms with Crippen LogP contribution in [0.15, 0.2) is 127 Å². The molecular formula is C41H42N2O6. The van der Waals surface area contributed by atoms with Crippen molar-refractivity contribution in [1.82, 2.24) is 10.2 Å². The number of likely N-dealkylation sites (N-methyl/N-ethyl adjacent to an activating group) is 1. The predicted molar refractivity (Wildman–Crippen MR) is 188 cm³/mol. The molecule has 0 bridgehead atoms. The number of phenols is 1. The Morgan fingerprint density at radius 3 is 2.31 bits per heavy atom. The van der Waals surface area contributed by atoms with E-state index in [0.717, 1.165) is 33.4 Å². The first-order chi connectivity index (χ1) is 23.9. The number of rotatable bonds is 12. The van der Waals surface area contributed by atoms with Crippen LogP contribution in [-0.2, 0) is 22.6 Å². The van der Waals surface area contributed by atoms with E-state index in [1.165, 1.54) is 0 Å². The number of hydrogen-bond acceptors (Lipinski definition) is 7. The quantitative estimate of drug-likeness (QED) is 0.118. The van der Waals surface area contributed by atoms with Gasteiger partial charge in [-0.25, -0.2) is 0 Å². The smallest absolute Gasteiger partial charge is 0.251 e. The van der Waals surface area contributed by atoms with Crippen molar-refractivity contribution in [3.63, 3.8) is 0 Å². The highest BCUT2D eigenvalue weighted by molar-refractivity contribution is 5.94. The van der Waals surface area contributed by atoms with Gasteiger partial charge in [-0.05, 0) is 64.7 Å². The maximum Gasteiger partial charge on any atom is 0.251 e. The highest BCUT2D eigenvalue weighted by Crippen LogP contribution is 2.39. The summed E-state index contributed by atoms with van der Waals surface area (Å²) in [4.78, 5) is 14.7. The number of aliphatic hydroxyl groups excluding tert-OH is 2. The standard InChI is InChI=1S/C41H42N2O6/c1-43(26-38(46)33-11-7-12-35(45)22-33)25-36-23-39(30-16-14-28(27-44)15-17-30)49-41(48-36)32-20-18-29(19-21-32)37-13-6-5-10-34(37)24-42-40(47)31-8-3-2-4-9-31/h2-22,36,38-39,41,44-46H,23-27H2,1H3,(H,42,47). The van der Waals surface area contributed by atoms with Gasteiger partial charge in [0.05, 0.1) is 24.9 Å². The first-order valence-corrected chi connectivity index (χ1v) is 16.5. The van der Waals surface area contributed by atoms with Gasteiger partial charge in [0.1, 0.15) is 5.75 Å². The molecule has 0 radical (unpaired) electrons. The number of carbonyl (C=O) groups excluding carboxylic acids is 1. The van der Waals surface area contributed by atoms with Gasteiger partial charge < -0.3 is 35.0 Å². The molecule has 49 heavy (non-hydrogen) atoms. The van der Waals surface area contributed by atoms with Crippen molar-refractivity contribution in [3.8, 4) is 16.9 Å². The van der Waals surface area contributed by atoms with Crippen LogP contribution in [0.3, 0.4) is 0 Å². The molecule has 0 spiro atoms. The summed E-state index contributed by atoms with van der Waals surface area (Å²) in [5.74, 6) is 0.00109. The van der Waals surface area contributed by atoms with Crippen LogP contribution >= 0.6 is 0 Å². The Morgan fingerprint density at radius 2 is 1.57 bits per heavy atom. The van der Waals surface area contributed by atoms with E-state index >= 15 is 0 Å². The molecule has 1 heterocycles. The zero-order chi connectivity index (χ0) is 34.2. The molecule has 5 aromatic carbocycles. The lowest BCUT2D eigenvalue weighted by Crippen LogP contribution is -2.39. The average molecular weight is 659 g/mol. The fourth-order valence-electron chi connectivity index (χ4n) is 6.23. The largest absolute Gasteiger partial charge is 0.508 e. The summed E-state index contributed by atoms with van der Waals surface area (Å²) in [5.41, 5.74) is 7.03. The molecule has 1 aliphatic rings. The molecule has 4 atom stereocenters. The van der Waals surface area contributed by atoms with E-state index in [1.54, 1.807) is 36.4 Å². The van der Waals surface area contributed by atoms with E-state index < -0.39 is 12.4 Å². The molecule has 1 fully saturated rings. The van der Waals surface area contributed by atoms with Crippen molar-refractivity contribution >= 4 is 5.91 Å². The summed E-state index contributed by atoms with van der Waals surface area (Å²) < 4.78 is 13.1. The van der Waals surface area contributed by atoms with E-state index in [1.807, 2.05) is 96.9 Å². The topological polar surface area (TPSA) is 111 Å². The van der Waals surface area contributed by atoms with Crippen LogP contribution < -0.4 is 5.32 Å². The van der Waals surface area contributed by atoms with E-state index in [-0.39, 0.29) is 30.5 Å². The Labute approximate surface area is 287 Å². The van der Waals surface area contributed by atoms with Crippen molar-refractivity contribution in [2.45, 2.75) is 44.2 Å². The van der Waals surface area contributed by atoms with Crippen molar-refractivity contribution < 1.29 is 29.6 Å². The minimum absolute atomic E-state index is 0.0264. The van der Waals surface area contributed by atoms with Gasteiger partial charge in [-0.2, -0.15) is 0 Å². The highest BCUT2D eigenvalue weighted by atomic mass is 16.7. The van der Waals surface area contributed by atoms with Gasteiger partial charge in [-0.3, -0.25) is 4.79 Å². The second kappa shape index (κ2) is 16.0. The minimum Gasteiger partial charge on any atom is -0.508 e. The van der Waals surface area contributed by atoms with Gasteiger partial charge in [0.2, 0.25) is 0 Å². The van der Waals surface area contributed by atoms with Crippen LogP contribution in [0.5, 0.6) is 5.75 Å². The Hall–Kier alpha value is -4.83. The Bertz CT molecular complexity index is 1810. The predicted octanol–water partition coefficient (Wildman–Crippen LogP) is 6.69. The van der Waals surface area contributed by atoms with Crippen LogP contribution in [0.2, 0.25) is 0 Å². The maximum absolute atomic E-state index is 12.7. The lowest BCUT2D eigenvalue weighted by molar-refractivity contribution is -0.252. The monoisotopic (exact) mass is 658 g/mol. The fourth-order valence-corrected chi connectivity index (χ4v) is 6.23. The highest BCUT2D eigenvalue weighted by Gasteiger charge is 2.33. The molecule has 1 amide bonds. The summed E-state index contributed by atoms with van der Waals surface area (Å²) in [7, 11) is 1.94. The van der Waals surface area contributed by atoms with E-state index in [2.05, 4.69) is 11.4 Å². The number of carbonyl (C=O) groups is 1. The third-order valence-corrected chi connectivity index (χ3v) is 8.86. The van der Waals surface area contributed by atoms with E-state index in [0.29, 0.717) is 37.2 Å². The zero-order valence-electron chi connectivity index (χ0n) is 27.5. The molecule has 5 aromatic rings. The van der Waals surface area contributed by atoms with Crippen LogP contribution in [-0.4, -0.2) is 52.4 Å². The maximum atomic E-state index is 12.7. The van der Waals surface area contributed by atoms with E-state index in [9.17, 15) is 20.1 Å². The molecule has 0 aliphatic carbocycles. The molecule has 1 saturated heterocycles. The van der Waals surface area contributed by atoms with Gasteiger partial charge in [0.25, 0.3) is 5.91 Å². The fraction of sp³-hybridized carbons (Fsp3) is 0.244. The lowest BCUT2D eigenvalue weighted by atomic mass is 9.97.